The van der Waals surface area contributed by atoms with Crippen LogP contribution < -0.4 is 10.8 Å². The van der Waals surface area contributed by atoms with Crippen LogP contribution in [0.2, 0.25) is 10.2 Å². The molecule has 1 aliphatic rings. The molecule has 1 fully saturated rings. The topological polar surface area (TPSA) is 69.2 Å². The van der Waals surface area contributed by atoms with Crippen molar-refractivity contribution in [2.24, 2.45) is 0 Å². The quantitative estimate of drug-likeness (QED) is 0.586. The van der Waals surface area contributed by atoms with E-state index < -0.39 is 18.3 Å². The lowest BCUT2D eigenvalue weighted by atomic mass is 9.79. The third-order valence-corrected chi connectivity index (χ3v) is 6.13. The summed E-state index contributed by atoms with van der Waals surface area (Å²) in [5.74, 6) is 1.21. The standard InChI is InChI=1S/C19H25BCl2N4O2/c1-10(25-17-15(21)11(2)24-12(3)26-17)14-8-13(9-23-16(14)22)20-27-18(4,5)19(6,7)28-20/h8-10H,1-7H3,(H,24,25,26). The molecule has 9 heteroatoms. The number of aromatic nitrogens is 3. The smallest absolute Gasteiger partial charge is 0.399 e. The number of hydrogen-bond donors (Lipinski definition) is 1. The van der Waals surface area contributed by atoms with Crippen LogP contribution in [-0.2, 0) is 9.31 Å². The Hall–Kier alpha value is -1.41. The minimum absolute atomic E-state index is 0.187. The summed E-state index contributed by atoms with van der Waals surface area (Å²) < 4.78 is 12.3. The molecule has 6 nitrogen and oxygen atoms in total. The Morgan fingerprint density at radius 1 is 1.07 bits per heavy atom. The maximum Gasteiger partial charge on any atom is 0.496 e. The largest absolute Gasteiger partial charge is 0.496 e. The van der Waals surface area contributed by atoms with Gasteiger partial charge in [-0.15, -0.1) is 0 Å². The van der Waals surface area contributed by atoms with Gasteiger partial charge >= 0.3 is 7.12 Å². The number of aryl methyl sites for hydroxylation is 2. The van der Waals surface area contributed by atoms with Crippen molar-refractivity contribution in [3.8, 4) is 0 Å². The van der Waals surface area contributed by atoms with Gasteiger partial charge in [0.1, 0.15) is 21.8 Å². The molecular weight excluding hydrogens is 398 g/mol. The van der Waals surface area contributed by atoms with Gasteiger partial charge in [0.25, 0.3) is 0 Å². The molecule has 1 saturated heterocycles. The lowest BCUT2D eigenvalue weighted by Gasteiger charge is -2.32. The maximum atomic E-state index is 6.38. The molecule has 0 bridgehead atoms. The molecule has 0 radical (unpaired) electrons. The average Bonchev–Trinajstić information content (AvgIpc) is 2.80. The van der Waals surface area contributed by atoms with E-state index in [0.29, 0.717) is 21.8 Å². The zero-order chi connectivity index (χ0) is 20.9. The van der Waals surface area contributed by atoms with Crippen LogP contribution in [0.4, 0.5) is 5.82 Å². The molecule has 150 valence electrons. The van der Waals surface area contributed by atoms with Crippen molar-refractivity contribution in [3.05, 3.63) is 39.5 Å². The van der Waals surface area contributed by atoms with Crippen molar-refractivity contribution < 1.29 is 9.31 Å². The van der Waals surface area contributed by atoms with Gasteiger partial charge in [-0.05, 0) is 48.5 Å². The SMILES string of the molecule is Cc1nc(C)c(Cl)c(NC(C)c2cc(B3OC(C)(C)C(C)(C)O3)cnc2Cl)n1. The fourth-order valence-corrected chi connectivity index (χ4v) is 3.38. The highest BCUT2D eigenvalue weighted by Gasteiger charge is 2.51. The van der Waals surface area contributed by atoms with E-state index >= 15 is 0 Å². The summed E-state index contributed by atoms with van der Waals surface area (Å²) in [6.45, 7) is 13.7. The van der Waals surface area contributed by atoms with E-state index in [4.69, 9.17) is 32.5 Å². The molecule has 1 atom stereocenters. The summed E-state index contributed by atoms with van der Waals surface area (Å²) in [5, 5.41) is 4.20. The number of pyridine rings is 1. The summed E-state index contributed by atoms with van der Waals surface area (Å²) >= 11 is 12.7. The lowest BCUT2D eigenvalue weighted by molar-refractivity contribution is 0.00578. The lowest BCUT2D eigenvalue weighted by Crippen LogP contribution is -2.41. The first-order valence-electron chi connectivity index (χ1n) is 9.19. The Bertz CT molecular complexity index is 892. The van der Waals surface area contributed by atoms with Crippen molar-refractivity contribution in [2.45, 2.75) is 65.7 Å². The molecule has 0 amide bonds. The molecule has 3 rings (SSSR count). The zero-order valence-electron chi connectivity index (χ0n) is 17.2. The molecule has 3 heterocycles. The van der Waals surface area contributed by atoms with E-state index in [0.717, 1.165) is 16.7 Å². The van der Waals surface area contributed by atoms with Crippen molar-refractivity contribution >= 4 is 41.6 Å². The predicted molar refractivity (Wildman–Crippen MR) is 114 cm³/mol. The molecule has 0 spiro atoms. The zero-order valence-corrected chi connectivity index (χ0v) is 18.7. The van der Waals surface area contributed by atoms with Crippen LogP contribution in [0.25, 0.3) is 0 Å². The van der Waals surface area contributed by atoms with Gasteiger partial charge in [-0.2, -0.15) is 0 Å². The van der Waals surface area contributed by atoms with Gasteiger partial charge in [-0.3, -0.25) is 0 Å². The van der Waals surface area contributed by atoms with Crippen molar-refractivity contribution in [3.63, 3.8) is 0 Å². The van der Waals surface area contributed by atoms with Gasteiger partial charge in [-0.1, -0.05) is 29.3 Å². The van der Waals surface area contributed by atoms with E-state index in [1.165, 1.54) is 0 Å². The summed E-state index contributed by atoms with van der Waals surface area (Å²) in [4.78, 5) is 13.0. The Morgan fingerprint density at radius 2 is 1.68 bits per heavy atom. The van der Waals surface area contributed by atoms with Crippen LogP contribution in [0.15, 0.2) is 12.3 Å². The Balaban J connectivity index is 1.88. The molecule has 1 aliphatic heterocycles. The Kier molecular flexibility index (Phi) is 5.67. The monoisotopic (exact) mass is 422 g/mol. The molecule has 0 saturated carbocycles. The predicted octanol–water partition coefficient (Wildman–Crippen LogP) is 4.27. The summed E-state index contributed by atoms with van der Waals surface area (Å²) in [7, 11) is -0.507. The second kappa shape index (κ2) is 7.45. The molecular formula is C19H25BCl2N4O2. The highest BCUT2D eigenvalue weighted by molar-refractivity contribution is 6.62. The fraction of sp³-hybridized carbons (Fsp3) is 0.526. The Labute approximate surface area is 176 Å². The van der Waals surface area contributed by atoms with Crippen LogP contribution in [0, 0.1) is 13.8 Å². The van der Waals surface area contributed by atoms with Crippen LogP contribution in [0.1, 0.15) is 57.7 Å². The number of halogens is 2. The molecule has 0 aliphatic carbocycles. The van der Waals surface area contributed by atoms with Crippen molar-refractivity contribution in [1.29, 1.82) is 0 Å². The number of rotatable bonds is 4. The van der Waals surface area contributed by atoms with Gasteiger partial charge < -0.3 is 14.6 Å². The normalized spacial score (nSPS) is 19.0. The van der Waals surface area contributed by atoms with Crippen molar-refractivity contribution in [1.82, 2.24) is 15.0 Å². The van der Waals surface area contributed by atoms with E-state index in [2.05, 4.69) is 20.3 Å². The number of anilines is 1. The molecule has 1 N–H and O–H groups in total. The highest BCUT2D eigenvalue weighted by atomic mass is 35.5. The third kappa shape index (κ3) is 3.99. The first-order chi connectivity index (χ1) is 12.9. The molecule has 28 heavy (non-hydrogen) atoms. The number of nitrogens with one attached hydrogen (secondary N) is 1. The second-order valence-electron chi connectivity index (χ2n) is 8.12. The van der Waals surface area contributed by atoms with Gasteiger partial charge in [0.05, 0.1) is 22.9 Å². The number of nitrogens with zero attached hydrogens (tertiary/aromatic N) is 3. The fourth-order valence-electron chi connectivity index (χ4n) is 2.97. The highest BCUT2D eigenvalue weighted by Crippen LogP contribution is 2.37. The van der Waals surface area contributed by atoms with Crippen LogP contribution in [0.5, 0.6) is 0 Å². The van der Waals surface area contributed by atoms with Gasteiger partial charge in [-0.25, -0.2) is 15.0 Å². The first-order valence-corrected chi connectivity index (χ1v) is 9.95. The minimum Gasteiger partial charge on any atom is -0.399 e. The van der Waals surface area contributed by atoms with Gasteiger partial charge in [0.2, 0.25) is 0 Å². The van der Waals surface area contributed by atoms with E-state index in [1.807, 2.05) is 54.5 Å². The summed E-state index contributed by atoms with van der Waals surface area (Å²) in [6.07, 6.45) is 1.69. The third-order valence-electron chi connectivity index (χ3n) is 5.36. The molecule has 2 aromatic heterocycles. The summed E-state index contributed by atoms with van der Waals surface area (Å²) in [6, 6.07) is 1.76. The van der Waals surface area contributed by atoms with Crippen molar-refractivity contribution in [2.75, 3.05) is 5.32 Å². The Morgan fingerprint density at radius 3 is 2.29 bits per heavy atom. The van der Waals surface area contributed by atoms with Gasteiger partial charge in [0.15, 0.2) is 0 Å². The minimum atomic E-state index is -0.507. The van der Waals surface area contributed by atoms with Crippen LogP contribution in [0.3, 0.4) is 0 Å². The number of hydrogen-bond acceptors (Lipinski definition) is 6. The summed E-state index contributed by atoms with van der Waals surface area (Å²) in [5.41, 5.74) is 1.49. The van der Waals surface area contributed by atoms with E-state index in [9.17, 15) is 0 Å². The van der Waals surface area contributed by atoms with Crippen LogP contribution in [-0.4, -0.2) is 33.3 Å². The second-order valence-corrected chi connectivity index (χ2v) is 8.86. The molecule has 1 unspecified atom stereocenters. The van der Waals surface area contributed by atoms with E-state index in [-0.39, 0.29) is 6.04 Å². The molecule has 0 aromatic carbocycles. The van der Waals surface area contributed by atoms with Crippen LogP contribution >= 0.6 is 23.2 Å². The van der Waals surface area contributed by atoms with E-state index in [1.54, 1.807) is 6.20 Å². The molecule has 2 aromatic rings. The maximum absolute atomic E-state index is 6.38. The average molecular weight is 423 g/mol. The first kappa shape index (κ1) is 21.3. The van der Waals surface area contributed by atoms with Gasteiger partial charge in [0, 0.05) is 17.2 Å².